The van der Waals surface area contributed by atoms with Gasteiger partial charge in [-0.15, -0.1) is 0 Å². The zero-order chi connectivity index (χ0) is 15.5. The Morgan fingerprint density at radius 3 is 2.43 bits per heavy atom. The maximum atomic E-state index is 13.2. The fourth-order valence-electron chi connectivity index (χ4n) is 2.31. The minimum Gasteiger partial charge on any atom is -0.384 e. The molecule has 8 heteroatoms. The van der Waals surface area contributed by atoms with E-state index in [0.29, 0.717) is 13.1 Å². The van der Waals surface area contributed by atoms with E-state index in [1.165, 1.54) is 10.4 Å². The molecule has 1 saturated heterocycles. The van der Waals surface area contributed by atoms with Gasteiger partial charge in [-0.3, -0.25) is 10.1 Å². The van der Waals surface area contributed by atoms with E-state index in [-0.39, 0.29) is 17.1 Å². The smallest absolute Gasteiger partial charge is 0.301 e. The topological polar surface area (TPSA) is 99.3 Å². The number of rotatable bonds is 4. The summed E-state index contributed by atoms with van der Waals surface area (Å²) in [4.78, 5) is 0. The van der Waals surface area contributed by atoms with E-state index in [9.17, 15) is 12.8 Å². The Bertz CT molecular complexity index is 625. The third kappa shape index (κ3) is 3.92. The summed E-state index contributed by atoms with van der Waals surface area (Å²) >= 11 is 0. The molecular weight excluding hydrogens is 295 g/mol. The molecule has 1 aromatic carbocycles. The number of nitrogen functional groups attached to an aromatic ring is 1. The van der Waals surface area contributed by atoms with Gasteiger partial charge in [0.15, 0.2) is 0 Å². The molecule has 2 rings (SSSR count). The molecule has 0 unspecified atom stereocenters. The summed E-state index contributed by atoms with van der Waals surface area (Å²) in [5.41, 5.74) is 5.53. The number of nitrogens with one attached hydrogen (secondary N) is 2. The van der Waals surface area contributed by atoms with E-state index >= 15 is 0 Å². The number of hydrogen-bond donors (Lipinski definition) is 3. The summed E-state index contributed by atoms with van der Waals surface area (Å²) < 4.78 is 41.7. The Hall–Kier alpha value is -1.67. The minimum atomic E-state index is -3.72. The lowest BCUT2D eigenvalue weighted by molar-refractivity contribution is 0.427. The van der Waals surface area contributed by atoms with Gasteiger partial charge in [-0.1, -0.05) is 12.8 Å². The van der Waals surface area contributed by atoms with E-state index in [4.69, 9.17) is 11.1 Å². The van der Waals surface area contributed by atoms with Crippen LogP contribution in [0.1, 0.15) is 31.2 Å². The van der Waals surface area contributed by atoms with Crippen LogP contribution in [-0.4, -0.2) is 31.6 Å². The Morgan fingerprint density at radius 1 is 1.24 bits per heavy atom. The molecule has 0 spiro atoms. The maximum Gasteiger partial charge on any atom is 0.301 e. The van der Waals surface area contributed by atoms with Gasteiger partial charge in [0.25, 0.3) is 0 Å². The van der Waals surface area contributed by atoms with Crippen LogP contribution in [0.5, 0.6) is 0 Å². The number of amidine groups is 1. The molecule has 0 aromatic heterocycles. The predicted molar refractivity (Wildman–Crippen MR) is 80.0 cm³/mol. The highest BCUT2D eigenvalue weighted by Crippen LogP contribution is 2.20. The second-order valence-corrected chi connectivity index (χ2v) is 6.69. The van der Waals surface area contributed by atoms with Gasteiger partial charge < -0.3 is 5.73 Å². The Balaban J connectivity index is 2.25. The van der Waals surface area contributed by atoms with Gasteiger partial charge in [0.1, 0.15) is 11.7 Å². The quantitative estimate of drug-likeness (QED) is 0.582. The molecule has 1 aliphatic heterocycles. The van der Waals surface area contributed by atoms with Crippen molar-refractivity contribution in [3.63, 3.8) is 0 Å². The van der Waals surface area contributed by atoms with Crippen molar-refractivity contribution in [1.29, 1.82) is 5.41 Å². The van der Waals surface area contributed by atoms with Crippen molar-refractivity contribution >= 4 is 21.7 Å². The summed E-state index contributed by atoms with van der Waals surface area (Å²) in [7, 11) is -3.72. The predicted octanol–water partition coefficient (Wildman–Crippen LogP) is 1.64. The van der Waals surface area contributed by atoms with Gasteiger partial charge in [0.05, 0.1) is 5.69 Å². The number of nitrogens with two attached hydrogens (primary N) is 1. The third-order valence-corrected chi connectivity index (χ3v) is 4.94. The van der Waals surface area contributed by atoms with Crippen molar-refractivity contribution in [2.75, 3.05) is 17.8 Å². The molecule has 21 heavy (non-hydrogen) atoms. The first-order valence-electron chi connectivity index (χ1n) is 6.82. The van der Waals surface area contributed by atoms with Crippen LogP contribution in [0.2, 0.25) is 0 Å². The zero-order valence-electron chi connectivity index (χ0n) is 11.6. The van der Waals surface area contributed by atoms with Crippen LogP contribution in [0.4, 0.5) is 10.1 Å². The van der Waals surface area contributed by atoms with Crippen molar-refractivity contribution in [3.8, 4) is 0 Å². The van der Waals surface area contributed by atoms with E-state index < -0.39 is 16.0 Å². The van der Waals surface area contributed by atoms with Crippen LogP contribution in [0.25, 0.3) is 0 Å². The van der Waals surface area contributed by atoms with Crippen LogP contribution in [-0.2, 0) is 10.2 Å². The van der Waals surface area contributed by atoms with Crippen LogP contribution in [0.3, 0.4) is 0 Å². The minimum absolute atomic E-state index is 0.0356. The number of anilines is 1. The van der Waals surface area contributed by atoms with Gasteiger partial charge in [0, 0.05) is 18.7 Å². The largest absolute Gasteiger partial charge is 0.384 e. The summed E-state index contributed by atoms with van der Waals surface area (Å²) in [6.07, 6.45) is 3.68. The fraction of sp³-hybridized carbons (Fsp3) is 0.462. The molecule has 0 amide bonds. The first kappa shape index (κ1) is 15.7. The highest BCUT2D eigenvalue weighted by Gasteiger charge is 2.24. The highest BCUT2D eigenvalue weighted by atomic mass is 32.2. The summed E-state index contributed by atoms with van der Waals surface area (Å²) in [6.45, 7) is 0.928. The SMILES string of the molecule is N=C(N)c1cc(F)ccc1NS(=O)(=O)N1CCCCCC1. The Labute approximate surface area is 123 Å². The van der Waals surface area contributed by atoms with E-state index in [2.05, 4.69) is 4.72 Å². The summed E-state index contributed by atoms with van der Waals surface area (Å²) in [5.74, 6) is -0.957. The van der Waals surface area contributed by atoms with Crippen molar-refractivity contribution in [2.24, 2.45) is 5.73 Å². The lowest BCUT2D eigenvalue weighted by atomic mass is 10.1. The van der Waals surface area contributed by atoms with Crippen LogP contribution in [0, 0.1) is 11.2 Å². The second-order valence-electron chi connectivity index (χ2n) is 5.02. The molecule has 0 saturated carbocycles. The van der Waals surface area contributed by atoms with Gasteiger partial charge in [-0.25, -0.2) is 4.39 Å². The lowest BCUT2D eigenvalue weighted by Crippen LogP contribution is -2.37. The van der Waals surface area contributed by atoms with E-state index in [0.717, 1.165) is 37.8 Å². The first-order valence-corrected chi connectivity index (χ1v) is 8.26. The summed E-state index contributed by atoms with van der Waals surface area (Å²) in [6, 6.07) is 3.46. The standard InChI is InChI=1S/C13H19FN4O2S/c14-10-5-6-12(11(9-10)13(15)16)17-21(19,20)18-7-3-1-2-4-8-18/h5-6,9,17H,1-4,7-8H2,(H3,15,16). The first-order chi connectivity index (χ1) is 9.90. The molecule has 1 heterocycles. The molecule has 6 nitrogen and oxygen atoms in total. The van der Waals surface area contributed by atoms with Crippen LogP contribution in [0.15, 0.2) is 18.2 Å². The van der Waals surface area contributed by atoms with Crippen molar-refractivity contribution < 1.29 is 12.8 Å². The number of halogens is 1. The average Bonchev–Trinajstić information content (AvgIpc) is 2.70. The molecule has 1 aliphatic rings. The van der Waals surface area contributed by atoms with Crippen molar-refractivity contribution in [3.05, 3.63) is 29.6 Å². The molecule has 1 aromatic rings. The molecule has 0 atom stereocenters. The van der Waals surface area contributed by atoms with Gasteiger partial charge in [0.2, 0.25) is 0 Å². The van der Waals surface area contributed by atoms with Crippen LogP contribution < -0.4 is 10.5 Å². The Morgan fingerprint density at radius 2 is 1.86 bits per heavy atom. The third-order valence-electron chi connectivity index (χ3n) is 3.42. The van der Waals surface area contributed by atoms with Gasteiger partial charge in [-0.05, 0) is 31.0 Å². The van der Waals surface area contributed by atoms with Crippen molar-refractivity contribution in [2.45, 2.75) is 25.7 Å². The number of nitrogens with zero attached hydrogens (tertiary/aromatic N) is 1. The summed E-state index contributed by atoms with van der Waals surface area (Å²) in [5, 5.41) is 7.42. The number of benzene rings is 1. The second kappa shape index (κ2) is 6.40. The van der Waals surface area contributed by atoms with E-state index in [1.807, 2.05) is 0 Å². The van der Waals surface area contributed by atoms with Gasteiger partial charge >= 0.3 is 10.2 Å². The molecule has 116 valence electrons. The molecule has 1 fully saturated rings. The monoisotopic (exact) mass is 314 g/mol. The molecule has 0 aliphatic carbocycles. The van der Waals surface area contributed by atoms with Crippen LogP contribution >= 0.6 is 0 Å². The lowest BCUT2D eigenvalue weighted by Gasteiger charge is -2.21. The number of hydrogen-bond acceptors (Lipinski definition) is 3. The highest BCUT2D eigenvalue weighted by molar-refractivity contribution is 7.90. The van der Waals surface area contributed by atoms with Crippen molar-refractivity contribution in [1.82, 2.24) is 4.31 Å². The normalized spacial score (nSPS) is 17.2. The fourth-order valence-corrected chi connectivity index (χ4v) is 3.64. The average molecular weight is 314 g/mol. The molecule has 4 N–H and O–H groups in total. The molecule has 0 bridgehead atoms. The van der Waals surface area contributed by atoms with E-state index in [1.54, 1.807) is 0 Å². The Kier molecular flexibility index (Phi) is 4.79. The van der Waals surface area contributed by atoms with Gasteiger partial charge in [-0.2, -0.15) is 12.7 Å². The zero-order valence-corrected chi connectivity index (χ0v) is 12.4. The molecular formula is C13H19FN4O2S. The molecule has 0 radical (unpaired) electrons. The maximum absolute atomic E-state index is 13.2.